The molecule has 0 spiro atoms. The van der Waals surface area contributed by atoms with E-state index >= 15 is 0 Å². The van der Waals surface area contributed by atoms with Gasteiger partial charge in [-0.05, 0) is 43.7 Å². The van der Waals surface area contributed by atoms with E-state index in [1.165, 1.54) is 12.1 Å². The number of benzene rings is 3. The molecule has 3 aromatic rings. The number of sulfonamides is 1. The van der Waals surface area contributed by atoms with Crippen molar-refractivity contribution in [2.45, 2.75) is 24.8 Å². The lowest BCUT2D eigenvalue weighted by Crippen LogP contribution is -2.28. The molecule has 0 aliphatic heterocycles. The number of aryl methyl sites for hydroxylation is 1. The molecule has 1 amide bonds. The van der Waals surface area contributed by atoms with Gasteiger partial charge in [-0.15, -0.1) is 0 Å². The highest BCUT2D eigenvalue weighted by Crippen LogP contribution is 2.21. The van der Waals surface area contributed by atoms with Crippen LogP contribution in [0.2, 0.25) is 0 Å². The fraction of sp³-hybridized carbons (Fsp3) is 0.136. The molecule has 2 N–H and O–H groups in total. The number of carbonyl (C=O) groups excluding carboxylic acids is 1. The molecule has 0 radical (unpaired) electrons. The Hall–Kier alpha value is -3.12. The van der Waals surface area contributed by atoms with Crippen LogP contribution in [-0.2, 0) is 10.0 Å². The van der Waals surface area contributed by atoms with Crippen LogP contribution in [0.4, 0.5) is 5.69 Å². The van der Waals surface area contributed by atoms with Gasteiger partial charge in [0.2, 0.25) is 0 Å². The first-order valence-electron chi connectivity index (χ1n) is 8.91. The molecule has 0 aliphatic carbocycles. The zero-order valence-corrected chi connectivity index (χ0v) is 16.5. The van der Waals surface area contributed by atoms with Gasteiger partial charge in [-0.3, -0.25) is 9.52 Å². The Labute approximate surface area is 165 Å². The Kier molecular flexibility index (Phi) is 5.80. The highest BCUT2D eigenvalue weighted by atomic mass is 32.2. The molecular formula is C22H22N2O3S. The van der Waals surface area contributed by atoms with Crippen molar-refractivity contribution >= 4 is 21.6 Å². The van der Waals surface area contributed by atoms with Crippen molar-refractivity contribution in [3.63, 3.8) is 0 Å². The van der Waals surface area contributed by atoms with E-state index in [2.05, 4.69) is 10.0 Å². The second-order valence-corrected chi connectivity index (χ2v) is 8.25. The summed E-state index contributed by atoms with van der Waals surface area (Å²) in [5.74, 6) is -0.349. The van der Waals surface area contributed by atoms with Crippen LogP contribution in [0.25, 0.3) is 0 Å². The molecule has 6 heteroatoms. The standard InChI is InChI=1S/C22H22N2O3S/c1-16-12-14-19(15-13-16)28(26,27)24-21-11-7-6-10-20(21)22(25)23-17(2)18-8-4-3-5-9-18/h3-15,17,24H,1-2H3,(H,23,25). The molecule has 0 saturated carbocycles. The van der Waals surface area contributed by atoms with Gasteiger partial charge in [0.05, 0.1) is 22.2 Å². The normalized spacial score (nSPS) is 12.2. The van der Waals surface area contributed by atoms with Crippen molar-refractivity contribution < 1.29 is 13.2 Å². The maximum absolute atomic E-state index is 12.8. The molecule has 3 aromatic carbocycles. The van der Waals surface area contributed by atoms with Crippen LogP contribution >= 0.6 is 0 Å². The van der Waals surface area contributed by atoms with E-state index in [4.69, 9.17) is 0 Å². The summed E-state index contributed by atoms with van der Waals surface area (Å²) in [6, 6.07) is 22.5. The molecule has 3 rings (SSSR count). The summed E-state index contributed by atoms with van der Waals surface area (Å²) in [5, 5.41) is 2.91. The Bertz CT molecular complexity index is 1060. The first-order valence-corrected chi connectivity index (χ1v) is 10.4. The fourth-order valence-corrected chi connectivity index (χ4v) is 3.87. The minimum absolute atomic E-state index is 0.144. The van der Waals surface area contributed by atoms with Crippen LogP contribution in [0.3, 0.4) is 0 Å². The average molecular weight is 394 g/mol. The fourth-order valence-electron chi connectivity index (χ4n) is 2.79. The van der Waals surface area contributed by atoms with Gasteiger partial charge >= 0.3 is 0 Å². The topological polar surface area (TPSA) is 75.3 Å². The highest BCUT2D eigenvalue weighted by molar-refractivity contribution is 7.92. The number of para-hydroxylation sites is 1. The Morgan fingerprint density at radius 2 is 1.46 bits per heavy atom. The van der Waals surface area contributed by atoms with Crippen molar-refractivity contribution in [1.29, 1.82) is 0 Å². The summed E-state index contributed by atoms with van der Waals surface area (Å²) in [5.41, 5.74) is 2.43. The van der Waals surface area contributed by atoms with Gasteiger partial charge in [0.25, 0.3) is 15.9 Å². The van der Waals surface area contributed by atoms with Crippen LogP contribution in [0.15, 0.2) is 83.8 Å². The second-order valence-electron chi connectivity index (χ2n) is 6.57. The Balaban J connectivity index is 1.83. The summed E-state index contributed by atoms with van der Waals surface area (Å²) in [7, 11) is -3.80. The SMILES string of the molecule is Cc1ccc(S(=O)(=O)Nc2ccccc2C(=O)NC(C)c2ccccc2)cc1. The van der Waals surface area contributed by atoms with Gasteiger partial charge in [0.1, 0.15) is 0 Å². The lowest BCUT2D eigenvalue weighted by Gasteiger charge is -2.17. The van der Waals surface area contributed by atoms with Crippen molar-refractivity contribution in [2.75, 3.05) is 4.72 Å². The first-order chi connectivity index (χ1) is 13.4. The third-order valence-electron chi connectivity index (χ3n) is 4.39. The minimum Gasteiger partial charge on any atom is -0.345 e. The number of rotatable bonds is 6. The van der Waals surface area contributed by atoms with Crippen LogP contribution in [0.5, 0.6) is 0 Å². The maximum Gasteiger partial charge on any atom is 0.261 e. The van der Waals surface area contributed by atoms with E-state index in [1.807, 2.05) is 44.2 Å². The number of nitrogens with one attached hydrogen (secondary N) is 2. The molecule has 144 valence electrons. The molecule has 0 heterocycles. The number of hydrogen-bond acceptors (Lipinski definition) is 3. The van der Waals surface area contributed by atoms with Gasteiger partial charge in [0.15, 0.2) is 0 Å². The minimum atomic E-state index is -3.80. The predicted molar refractivity (Wildman–Crippen MR) is 111 cm³/mol. The molecule has 28 heavy (non-hydrogen) atoms. The molecule has 0 aromatic heterocycles. The smallest absolute Gasteiger partial charge is 0.261 e. The molecule has 1 atom stereocenters. The zero-order valence-electron chi connectivity index (χ0n) is 15.7. The summed E-state index contributed by atoms with van der Waals surface area (Å²) in [4.78, 5) is 12.9. The molecule has 0 fully saturated rings. The monoisotopic (exact) mass is 394 g/mol. The van der Waals surface area contributed by atoms with E-state index in [1.54, 1.807) is 36.4 Å². The third kappa shape index (κ3) is 4.58. The second kappa shape index (κ2) is 8.27. The van der Waals surface area contributed by atoms with Crippen molar-refractivity contribution in [3.8, 4) is 0 Å². The summed E-state index contributed by atoms with van der Waals surface area (Å²) in [6.45, 7) is 3.77. The lowest BCUT2D eigenvalue weighted by atomic mass is 10.1. The van der Waals surface area contributed by atoms with Gasteiger partial charge in [-0.1, -0.05) is 60.2 Å². The van der Waals surface area contributed by atoms with Gasteiger partial charge < -0.3 is 5.32 Å². The average Bonchev–Trinajstić information content (AvgIpc) is 2.69. The molecule has 5 nitrogen and oxygen atoms in total. The number of anilines is 1. The van der Waals surface area contributed by atoms with Gasteiger partial charge in [-0.2, -0.15) is 0 Å². The summed E-state index contributed by atoms with van der Waals surface area (Å²) < 4.78 is 27.9. The first kappa shape index (κ1) is 19.6. The predicted octanol–water partition coefficient (Wildman–Crippen LogP) is 4.29. The molecule has 0 aliphatic rings. The van der Waals surface area contributed by atoms with Gasteiger partial charge in [-0.25, -0.2) is 8.42 Å². The summed E-state index contributed by atoms with van der Waals surface area (Å²) >= 11 is 0. The lowest BCUT2D eigenvalue weighted by molar-refractivity contribution is 0.0941. The van der Waals surface area contributed by atoms with E-state index < -0.39 is 10.0 Å². The van der Waals surface area contributed by atoms with Crippen LogP contribution < -0.4 is 10.0 Å². The van der Waals surface area contributed by atoms with Crippen molar-refractivity contribution in [1.82, 2.24) is 5.32 Å². The van der Waals surface area contributed by atoms with Crippen molar-refractivity contribution in [3.05, 3.63) is 95.6 Å². The van der Waals surface area contributed by atoms with E-state index in [9.17, 15) is 13.2 Å². The largest absolute Gasteiger partial charge is 0.345 e. The van der Waals surface area contributed by atoms with Gasteiger partial charge in [0, 0.05) is 0 Å². The van der Waals surface area contributed by atoms with Crippen molar-refractivity contribution in [2.24, 2.45) is 0 Å². The number of amides is 1. The summed E-state index contributed by atoms with van der Waals surface area (Å²) in [6.07, 6.45) is 0. The third-order valence-corrected chi connectivity index (χ3v) is 5.78. The Morgan fingerprint density at radius 3 is 2.14 bits per heavy atom. The maximum atomic E-state index is 12.8. The zero-order chi connectivity index (χ0) is 20.1. The van der Waals surface area contributed by atoms with E-state index in [0.717, 1.165) is 11.1 Å². The molecule has 1 unspecified atom stereocenters. The van der Waals surface area contributed by atoms with E-state index in [0.29, 0.717) is 0 Å². The molecule has 0 saturated heterocycles. The van der Waals surface area contributed by atoms with Crippen LogP contribution in [0.1, 0.15) is 34.5 Å². The van der Waals surface area contributed by atoms with Crippen LogP contribution in [0, 0.1) is 6.92 Å². The van der Waals surface area contributed by atoms with E-state index in [-0.39, 0.29) is 28.1 Å². The molecule has 0 bridgehead atoms. The van der Waals surface area contributed by atoms with Crippen LogP contribution in [-0.4, -0.2) is 14.3 Å². The quantitative estimate of drug-likeness (QED) is 0.655. The number of hydrogen-bond donors (Lipinski definition) is 2. The highest BCUT2D eigenvalue weighted by Gasteiger charge is 2.19. The number of carbonyl (C=O) groups is 1. The Morgan fingerprint density at radius 1 is 0.857 bits per heavy atom. The molecular weight excluding hydrogens is 372 g/mol.